The monoisotopic (exact) mass is 254 g/mol. The lowest BCUT2D eigenvalue weighted by atomic mass is 10.2. The van der Waals surface area contributed by atoms with Crippen LogP contribution in [0.1, 0.15) is 37.5 Å². The van der Waals surface area contributed by atoms with Gasteiger partial charge in [-0.05, 0) is 69.7 Å². The van der Waals surface area contributed by atoms with Crippen LogP contribution in [0.5, 0.6) is 0 Å². The fourth-order valence-electron chi connectivity index (χ4n) is 1.77. The third-order valence-corrected chi connectivity index (χ3v) is 3.68. The zero-order valence-electron chi connectivity index (χ0n) is 11.0. The van der Waals surface area contributed by atoms with Gasteiger partial charge in [-0.2, -0.15) is 0 Å². The third-order valence-electron chi connectivity index (χ3n) is 2.74. The van der Waals surface area contributed by atoms with Gasteiger partial charge in [0.05, 0.1) is 0 Å². The fourth-order valence-corrected chi connectivity index (χ4v) is 2.52. The van der Waals surface area contributed by atoms with E-state index in [-0.39, 0.29) is 0 Å². The summed E-state index contributed by atoms with van der Waals surface area (Å²) >= 11 is 1.87. The van der Waals surface area contributed by atoms with Gasteiger partial charge < -0.3 is 10.6 Å². The van der Waals surface area contributed by atoms with Crippen LogP contribution in [0.3, 0.4) is 0 Å². The van der Waals surface area contributed by atoms with Gasteiger partial charge in [0, 0.05) is 4.88 Å². The van der Waals surface area contributed by atoms with Crippen molar-refractivity contribution in [2.75, 3.05) is 26.2 Å². The Morgan fingerprint density at radius 3 is 2.47 bits per heavy atom. The van der Waals surface area contributed by atoms with Crippen LogP contribution in [-0.2, 0) is 6.42 Å². The second-order valence-corrected chi connectivity index (χ2v) is 5.42. The van der Waals surface area contributed by atoms with E-state index >= 15 is 0 Å². The molecule has 98 valence electrons. The molecule has 1 rings (SSSR count). The van der Waals surface area contributed by atoms with Crippen molar-refractivity contribution in [1.29, 1.82) is 0 Å². The predicted octanol–water partition coefficient (Wildman–Crippen LogP) is 3.05. The van der Waals surface area contributed by atoms with E-state index in [1.807, 2.05) is 11.3 Å². The predicted molar refractivity (Wildman–Crippen MR) is 77.9 cm³/mol. The van der Waals surface area contributed by atoms with Gasteiger partial charge in [-0.15, -0.1) is 11.3 Å². The van der Waals surface area contributed by atoms with E-state index in [2.05, 4.69) is 35.1 Å². The molecule has 1 aromatic heterocycles. The first kappa shape index (κ1) is 14.7. The van der Waals surface area contributed by atoms with E-state index in [0.717, 1.165) is 19.6 Å². The van der Waals surface area contributed by atoms with Gasteiger partial charge in [0.15, 0.2) is 0 Å². The largest absolute Gasteiger partial charge is 0.317 e. The molecule has 0 atom stereocenters. The van der Waals surface area contributed by atoms with Crippen LogP contribution in [0.15, 0.2) is 17.5 Å². The van der Waals surface area contributed by atoms with Crippen LogP contribution in [0, 0.1) is 0 Å². The van der Waals surface area contributed by atoms with Crippen molar-refractivity contribution in [2.45, 2.75) is 39.0 Å². The first-order valence-corrected chi connectivity index (χ1v) is 7.75. The normalized spacial score (nSPS) is 10.9. The molecule has 0 saturated heterocycles. The highest BCUT2D eigenvalue weighted by Crippen LogP contribution is 2.11. The lowest BCUT2D eigenvalue weighted by Gasteiger charge is -2.05. The van der Waals surface area contributed by atoms with Crippen LogP contribution in [0.4, 0.5) is 0 Å². The summed E-state index contributed by atoms with van der Waals surface area (Å²) in [5.74, 6) is 0. The quantitative estimate of drug-likeness (QED) is 0.593. The van der Waals surface area contributed by atoms with E-state index in [1.165, 1.54) is 43.5 Å². The average molecular weight is 254 g/mol. The number of hydrogen-bond donors (Lipinski definition) is 2. The van der Waals surface area contributed by atoms with E-state index in [1.54, 1.807) is 0 Å². The number of unbranched alkanes of at least 4 members (excludes halogenated alkanes) is 1. The molecule has 17 heavy (non-hydrogen) atoms. The Morgan fingerprint density at radius 1 is 1.00 bits per heavy atom. The molecular formula is C14H26N2S. The molecular weight excluding hydrogens is 228 g/mol. The van der Waals surface area contributed by atoms with Gasteiger partial charge in [0.1, 0.15) is 0 Å². The summed E-state index contributed by atoms with van der Waals surface area (Å²) in [6.07, 6.45) is 6.32. The average Bonchev–Trinajstić information content (AvgIpc) is 2.85. The Hall–Kier alpha value is -0.380. The summed E-state index contributed by atoms with van der Waals surface area (Å²) in [7, 11) is 0. The molecule has 0 saturated carbocycles. The second kappa shape index (κ2) is 10.8. The van der Waals surface area contributed by atoms with Gasteiger partial charge in [-0.3, -0.25) is 0 Å². The molecule has 2 nitrogen and oxygen atoms in total. The third kappa shape index (κ3) is 8.36. The first-order valence-electron chi connectivity index (χ1n) is 6.87. The van der Waals surface area contributed by atoms with Gasteiger partial charge in [0.2, 0.25) is 0 Å². The first-order chi connectivity index (χ1) is 8.43. The van der Waals surface area contributed by atoms with Gasteiger partial charge in [-0.1, -0.05) is 13.0 Å². The summed E-state index contributed by atoms with van der Waals surface area (Å²) in [5.41, 5.74) is 0. The topological polar surface area (TPSA) is 24.1 Å². The number of thiophene rings is 1. The van der Waals surface area contributed by atoms with Gasteiger partial charge in [-0.25, -0.2) is 0 Å². The molecule has 0 aliphatic carbocycles. The molecule has 0 unspecified atom stereocenters. The summed E-state index contributed by atoms with van der Waals surface area (Å²) in [6.45, 7) is 6.82. The van der Waals surface area contributed by atoms with Crippen molar-refractivity contribution in [1.82, 2.24) is 10.6 Å². The van der Waals surface area contributed by atoms with Crippen LogP contribution >= 0.6 is 11.3 Å². The van der Waals surface area contributed by atoms with Crippen molar-refractivity contribution >= 4 is 11.3 Å². The van der Waals surface area contributed by atoms with E-state index < -0.39 is 0 Å². The minimum atomic E-state index is 1.15. The molecule has 2 N–H and O–H groups in total. The Kier molecular flexibility index (Phi) is 9.29. The molecule has 0 aliphatic heterocycles. The maximum Gasteiger partial charge on any atom is 0.00452 e. The lowest BCUT2D eigenvalue weighted by Crippen LogP contribution is -2.23. The smallest absolute Gasteiger partial charge is 0.00452 e. The minimum absolute atomic E-state index is 1.15. The zero-order chi connectivity index (χ0) is 12.2. The van der Waals surface area contributed by atoms with Crippen LogP contribution in [0.2, 0.25) is 0 Å². The summed E-state index contributed by atoms with van der Waals surface area (Å²) in [6, 6.07) is 4.37. The highest BCUT2D eigenvalue weighted by Gasteiger charge is 1.94. The molecule has 0 aromatic carbocycles. The molecule has 0 spiro atoms. The molecule has 0 amide bonds. The Labute approximate surface area is 110 Å². The van der Waals surface area contributed by atoms with E-state index in [9.17, 15) is 0 Å². The van der Waals surface area contributed by atoms with Crippen LogP contribution in [-0.4, -0.2) is 26.2 Å². The zero-order valence-corrected chi connectivity index (χ0v) is 11.8. The van der Waals surface area contributed by atoms with Crippen LogP contribution < -0.4 is 10.6 Å². The Bertz CT molecular complexity index is 247. The van der Waals surface area contributed by atoms with Crippen molar-refractivity contribution < 1.29 is 0 Å². The molecule has 3 heteroatoms. The van der Waals surface area contributed by atoms with Gasteiger partial charge >= 0.3 is 0 Å². The molecule has 0 bridgehead atoms. The van der Waals surface area contributed by atoms with Crippen molar-refractivity contribution in [3.63, 3.8) is 0 Å². The number of nitrogens with one attached hydrogen (secondary N) is 2. The standard InChI is InChI=1S/C14H26N2S/c1-2-9-15-11-6-12-16-10-4-3-7-14-8-5-13-17-14/h5,8,13,15-16H,2-4,6-7,9-12H2,1H3. The molecule has 0 aliphatic rings. The van der Waals surface area contributed by atoms with Crippen molar-refractivity contribution in [2.24, 2.45) is 0 Å². The van der Waals surface area contributed by atoms with E-state index in [4.69, 9.17) is 0 Å². The maximum absolute atomic E-state index is 3.51. The summed E-state index contributed by atoms with van der Waals surface area (Å²) in [4.78, 5) is 1.52. The van der Waals surface area contributed by atoms with E-state index in [0.29, 0.717) is 0 Å². The number of rotatable bonds is 11. The SMILES string of the molecule is CCCNCCCNCCCCc1cccs1. The van der Waals surface area contributed by atoms with Crippen molar-refractivity contribution in [3.05, 3.63) is 22.4 Å². The highest BCUT2D eigenvalue weighted by atomic mass is 32.1. The molecule has 0 fully saturated rings. The highest BCUT2D eigenvalue weighted by molar-refractivity contribution is 7.09. The molecule has 0 radical (unpaired) electrons. The maximum atomic E-state index is 3.51. The number of aryl methyl sites for hydroxylation is 1. The molecule has 1 aromatic rings. The number of hydrogen-bond acceptors (Lipinski definition) is 3. The Morgan fingerprint density at radius 2 is 1.76 bits per heavy atom. The Balaban J connectivity index is 1.76. The van der Waals surface area contributed by atoms with Gasteiger partial charge in [0.25, 0.3) is 0 Å². The lowest BCUT2D eigenvalue weighted by molar-refractivity contribution is 0.574. The minimum Gasteiger partial charge on any atom is -0.317 e. The van der Waals surface area contributed by atoms with Crippen molar-refractivity contribution in [3.8, 4) is 0 Å². The fraction of sp³-hybridized carbons (Fsp3) is 0.714. The summed E-state index contributed by atoms with van der Waals surface area (Å²) < 4.78 is 0. The second-order valence-electron chi connectivity index (χ2n) is 4.39. The molecule has 1 heterocycles. The summed E-state index contributed by atoms with van der Waals surface area (Å²) in [5, 5.41) is 9.09. The van der Waals surface area contributed by atoms with Crippen LogP contribution in [0.25, 0.3) is 0 Å².